The van der Waals surface area contributed by atoms with Gasteiger partial charge in [-0.2, -0.15) is 0 Å². The van der Waals surface area contributed by atoms with E-state index in [0.29, 0.717) is 31.3 Å². The van der Waals surface area contributed by atoms with E-state index in [1.54, 1.807) is 6.08 Å². The normalized spacial score (nSPS) is 22.3. The zero-order chi connectivity index (χ0) is 18.8. The molecule has 27 heavy (non-hydrogen) atoms. The van der Waals surface area contributed by atoms with Crippen LogP contribution in [-0.2, 0) is 9.53 Å². The number of halogens is 1. The van der Waals surface area contributed by atoms with Crippen molar-refractivity contribution in [3.05, 3.63) is 76.3 Å². The first-order valence-corrected chi connectivity index (χ1v) is 9.57. The van der Waals surface area contributed by atoms with Crippen LogP contribution in [0.25, 0.3) is 0 Å². The molecule has 4 rings (SSSR count). The largest absolute Gasteiger partial charge is 0.484 e. The maximum atomic E-state index is 12.7. The fourth-order valence-corrected chi connectivity index (χ4v) is 3.96. The Morgan fingerprint density at radius 3 is 2.63 bits per heavy atom. The number of carbonyl (C=O) groups is 1. The standard InChI is InChI=1S/C22H22ClNO3/c1-15(13-20(25)24-9-11-26-12-10-24)21-18-14-17(23)7-8-19(18)27-22(21)16-5-3-2-4-6-16/h2-8,13-14,21-22H,9-12H2,1H3/b15-13+. The highest BCUT2D eigenvalue weighted by atomic mass is 35.5. The maximum absolute atomic E-state index is 12.7. The van der Waals surface area contributed by atoms with Gasteiger partial charge in [-0.3, -0.25) is 4.79 Å². The molecule has 0 saturated carbocycles. The number of benzene rings is 2. The molecule has 2 aliphatic heterocycles. The highest BCUT2D eigenvalue weighted by Crippen LogP contribution is 2.50. The predicted molar refractivity (Wildman–Crippen MR) is 105 cm³/mol. The monoisotopic (exact) mass is 383 g/mol. The van der Waals surface area contributed by atoms with Crippen molar-refractivity contribution in [2.24, 2.45) is 0 Å². The van der Waals surface area contributed by atoms with E-state index in [9.17, 15) is 4.79 Å². The van der Waals surface area contributed by atoms with Gasteiger partial charge in [0.2, 0.25) is 5.91 Å². The van der Waals surface area contributed by atoms with Crippen molar-refractivity contribution in [2.75, 3.05) is 26.3 Å². The van der Waals surface area contributed by atoms with Crippen molar-refractivity contribution in [2.45, 2.75) is 18.9 Å². The van der Waals surface area contributed by atoms with Crippen LogP contribution in [0.3, 0.4) is 0 Å². The van der Waals surface area contributed by atoms with Crippen LogP contribution in [0.2, 0.25) is 5.02 Å². The summed E-state index contributed by atoms with van der Waals surface area (Å²) in [6.45, 7) is 4.45. The van der Waals surface area contributed by atoms with Crippen LogP contribution < -0.4 is 4.74 Å². The second kappa shape index (κ2) is 7.75. The second-order valence-corrected chi connectivity index (χ2v) is 7.37. The molecule has 0 aromatic heterocycles. The minimum Gasteiger partial charge on any atom is -0.484 e. The number of nitrogens with zero attached hydrogens (tertiary/aromatic N) is 1. The van der Waals surface area contributed by atoms with Crippen molar-refractivity contribution in [3.63, 3.8) is 0 Å². The lowest BCUT2D eigenvalue weighted by Gasteiger charge is -2.26. The van der Waals surface area contributed by atoms with E-state index in [4.69, 9.17) is 21.1 Å². The molecular formula is C22H22ClNO3. The molecular weight excluding hydrogens is 362 g/mol. The lowest BCUT2D eigenvalue weighted by molar-refractivity contribution is -0.130. The third-order valence-corrected chi connectivity index (χ3v) is 5.39. The molecule has 2 aromatic rings. The highest BCUT2D eigenvalue weighted by molar-refractivity contribution is 6.30. The minimum atomic E-state index is -0.173. The molecule has 4 nitrogen and oxygen atoms in total. The second-order valence-electron chi connectivity index (χ2n) is 6.93. The Morgan fingerprint density at radius 1 is 1.15 bits per heavy atom. The number of rotatable bonds is 3. The SMILES string of the molecule is C/C(=C\C(=O)N1CCOCC1)C1c2cc(Cl)ccc2OC1c1ccccc1. The summed E-state index contributed by atoms with van der Waals surface area (Å²) in [4.78, 5) is 14.5. The number of amides is 1. The van der Waals surface area contributed by atoms with Gasteiger partial charge in [0.1, 0.15) is 11.9 Å². The van der Waals surface area contributed by atoms with E-state index in [-0.39, 0.29) is 17.9 Å². The van der Waals surface area contributed by atoms with E-state index >= 15 is 0 Å². The van der Waals surface area contributed by atoms with Crippen molar-refractivity contribution < 1.29 is 14.3 Å². The van der Waals surface area contributed by atoms with Crippen LogP contribution in [0.1, 0.15) is 30.1 Å². The summed E-state index contributed by atoms with van der Waals surface area (Å²) in [5.41, 5.74) is 3.09. The highest BCUT2D eigenvalue weighted by Gasteiger charge is 2.37. The Morgan fingerprint density at radius 2 is 1.89 bits per heavy atom. The van der Waals surface area contributed by atoms with E-state index in [1.807, 2.05) is 48.2 Å². The molecule has 5 heteroatoms. The van der Waals surface area contributed by atoms with Gasteiger partial charge in [-0.15, -0.1) is 0 Å². The van der Waals surface area contributed by atoms with E-state index in [0.717, 1.165) is 22.4 Å². The summed E-state index contributed by atoms with van der Waals surface area (Å²) in [6.07, 6.45) is 1.57. The van der Waals surface area contributed by atoms with Gasteiger partial charge in [-0.1, -0.05) is 47.5 Å². The molecule has 2 heterocycles. The molecule has 1 saturated heterocycles. The van der Waals surface area contributed by atoms with E-state index < -0.39 is 0 Å². The number of hydrogen-bond acceptors (Lipinski definition) is 3. The van der Waals surface area contributed by atoms with Crippen molar-refractivity contribution in [3.8, 4) is 5.75 Å². The Balaban J connectivity index is 1.68. The molecule has 0 bridgehead atoms. The quantitative estimate of drug-likeness (QED) is 0.739. The number of morpholine rings is 1. The predicted octanol–water partition coefficient (Wildman–Crippen LogP) is 4.36. The maximum Gasteiger partial charge on any atom is 0.246 e. The molecule has 2 unspecified atom stereocenters. The summed E-state index contributed by atoms with van der Waals surface area (Å²) in [5, 5.41) is 0.670. The van der Waals surface area contributed by atoms with Crippen LogP contribution in [-0.4, -0.2) is 37.1 Å². The smallest absolute Gasteiger partial charge is 0.246 e. The molecule has 2 aliphatic rings. The van der Waals surface area contributed by atoms with Gasteiger partial charge >= 0.3 is 0 Å². The lowest BCUT2D eigenvalue weighted by atomic mass is 9.85. The molecule has 2 atom stereocenters. The third-order valence-electron chi connectivity index (χ3n) is 5.16. The zero-order valence-corrected chi connectivity index (χ0v) is 16.0. The molecule has 1 fully saturated rings. The van der Waals surface area contributed by atoms with Gasteiger partial charge in [0.05, 0.1) is 19.1 Å². The molecule has 1 amide bonds. The Bertz CT molecular complexity index is 859. The number of ether oxygens (including phenoxy) is 2. The lowest BCUT2D eigenvalue weighted by Crippen LogP contribution is -2.40. The van der Waals surface area contributed by atoms with Crippen molar-refractivity contribution in [1.29, 1.82) is 0 Å². The zero-order valence-electron chi connectivity index (χ0n) is 15.2. The summed E-state index contributed by atoms with van der Waals surface area (Å²) in [5.74, 6) is 0.800. The van der Waals surface area contributed by atoms with Crippen LogP contribution >= 0.6 is 11.6 Å². The van der Waals surface area contributed by atoms with Crippen LogP contribution in [0.5, 0.6) is 5.75 Å². The van der Waals surface area contributed by atoms with Crippen LogP contribution in [0.15, 0.2) is 60.2 Å². The summed E-state index contributed by atoms with van der Waals surface area (Å²) >= 11 is 6.25. The summed E-state index contributed by atoms with van der Waals surface area (Å²) in [7, 11) is 0. The topological polar surface area (TPSA) is 38.8 Å². The van der Waals surface area contributed by atoms with E-state index in [2.05, 4.69) is 12.1 Å². The van der Waals surface area contributed by atoms with Crippen molar-refractivity contribution >= 4 is 17.5 Å². The number of carbonyl (C=O) groups excluding carboxylic acids is 1. The van der Waals surface area contributed by atoms with Gasteiger partial charge < -0.3 is 14.4 Å². The van der Waals surface area contributed by atoms with Gasteiger partial charge in [0.15, 0.2) is 0 Å². The van der Waals surface area contributed by atoms with Crippen molar-refractivity contribution in [1.82, 2.24) is 4.90 Å². The Hall–Kier alpha value is -2.30. The Kier molecular flexibility index (Phi) is 5.19. The fourth-order valence-electron chi connectivity index (χ4n) is 3.78. The van der Waals surface area contributed by atoms with Gasteiger partial charge in [-0.25, -0.2) is 0 Å². The van der Waals surface area contributed by atoms with E-state index in [1.165, 1.54) is 0 Å². The van der Waals surface area contributed by atoms with Crippen LogP contribution in [0.4, 0.5) is 0 Å². The molecule has 140 valence electrons. The summed E-state index contributed by atoms with van der Waals surface area (Å²) < 4.78 is 11.6. The molecule has 0 radical (unpaired) electrons. The average molecular weight is 384 g/mol. The first-order valence-electron chi connectivity index (χ1n) is 9.19. The first-order chi connectivity index (χ1) is 13.1. The molecule has 0 aliphatic carbocycles. The Labute approximate surface area is 164 Å². The van der Waals surface area contributed by atoms with Gasteiger partial charge in [-0.05, 0) is 30.7 Å². The summed E-state index contributed by atoms with van der Waals surface area (Å²) in [6, 6.07) is 15.8. The molecule has 0 N–H and O–H groups in total. The molecule has 2 aromatic carbocycles. The van der Waals surface area contributed by atoms with Gasteiger partial charge in [0, 0.05) is 29.8 Å². The fraction of sp³-hybridized carbons (Fsp3) is 0.318. The number of fused-ring (bicyclic) bond motifs is 1. The third kappa shape index (κ3) is 3.73. The van der Waals surface area contributed by atoms with Gasteiger partial charge in [0.25, 0.3) is 0 Å². The average Bonchev–Trinajstić information content (AvgIpc) is 3.08. The molecule has 0 spiro atoms. The first kappa shape index (κ1) is 18.1. The van der Waals surface area contributed by atoms with Crippen LogP contribution in [0, 0.1) is 0 Å². The minimum absolute atomic E-state index is 0.0260. The number of hydrogen-bond donors (Lipinski definition) is 0.